The van der Waals surface area contributed by atoms with Gasteiger partial charge >= 0.3 is 0 Å². The minimum atomic E-state index is -0.208. The number of aryl methyl sites for hydroxylation is 1. The molecule has 0 heterocycles. The Morgan fingerprint density at radius 2 is 1.83 bits per heavy atom. The molecule has 1 N–H and O–H groups in total. The van der Waals surface area contributed by atoms with E-state index in [0.29, 0.717) is 24.0 Å². The van der Waals surface area contributed by atoms with E-state index in [1.54, 1.807) is 5.57 Å². The number of aliphatic hydroxyl groups is 1. The molecule has 4 aliphatic rings. The number of hydrogen-bond acceptors (Lipinski definition) is 3. The van der Waals surface area contributed by atoms with Crippen LogP contribution in [-0.2, 0) is 16.0 Å². The molecule has 5 rings (SSSR count). The van der Waals surface area contributed by atoms with E-state index in [9.17, 15) is 9.59 Å². The molecule has 0 saturated heterocycles. The van der Waals surface area contributed by atoms with Gasteiger partial charge in [-0.1, -0.05) is 36.8 Å². The number of carbonyl (C=O) groups is 2. The highest BCUT2D eigenvalue weighted by molar-refractivity contribution is 5.93. The van der Waals surface area contributed by atoms with Crippen LogP contribution in [0.4, 0.5) is 0 Å². The van der Waals surface area contributed by atoms with Gasteiger partial charge in [0.2, 0.25) is 0 Å². The average molecular weight is 405 g/mol. The van der Waals surface area contributed by atoms with Crippen LogP contribution in [0.1, 0.15) is 75.3 Å². The zero-order chi connectivity index (χ0) is 20.9. The molecule has 0 aromatic heterocycles. The van der Waals surface area contributed by atoms with E-state index >= 15 is 0 Å². The zero-order valence-electron chi connectivity index (χ0n) is 18.0. The first-order valence-electron chi connectivity index (χ1n) is 11.7. The van der Waals surface area contributed by atoms with Gasteiger partial charge in [-0.15, -0.1) is 0 Å². The average Bonchev–Trinajstić information content (AvgIpc) is 3.06. The summed E-state index contributed by atoms with van der Waals surface area (Å²) in [5.41, 5.74) is 6.64. The van der Waals surface area contributed by atoms with E-state index in [4.69, 9.17) is 5.11 Å². The molecule has 0 radical (unpaired) electrons. The second kappa shape index (κ2) is 7.60. The van der Waals surface area contributed by atoms with E-state index in [0.717, 1.165) is 51.4 Å². The SMILES string of the molecule is C[C@]12CC(c3ccc(CCCO)cc3)C3=C4CCC(=O)C=C4CC[C@H]3[C@@H]1CCC2=O. The second-order valence-electron chi connectivity index (χ2n) is 10.0. The lowest BCUT2D eigenvalue weighted by molar-refractivity contribution is -0.128. The maximum atomic E-state index is 13.0. The molecule has 1 unspecified atom stereocenters. The van der Waals surface area contributed by atoms with Crippen LogP contribution < -0.4 is 0 Å². The third kappa shape index (κ3) is 3.13. The third-order valence-corrected chi connectivity index (χ3v) is 8.45. The Balaban J connectivity index is 1.59. The van der Waals surface area contributed by atoms with Gasteiger partial charge in [0.05, 0.1) is 0 Å². The van der Waals surface area contributed by atoms with Crippen molar-refractivity contribution >= 4 is 11.6 Å². The number of aliphatic hydroxyl groups excluding tert-OH is 1. The first-order chi connectivity index (χ1) is 14.5. The first-order valence-corrected chi connectivity index (χ1v) is 11.7. The molecule has 158 valence electrons. The molecule has 0 spiro atoms. The van der Waals surface area contributed by atoms with Crippen molar-refractivity contribution in [3.63, 3.8) is 0 Å². The fourth-order valence-corrected chi connectivity index (χ4v) is 6.93. The highest BCUT2D eigenvalue weighted by Crippen LogP contribution is 2.62. The number of allylic oxidation sites excluding steroid dienone is 4. The van der Waals surface area contributed by atoms with E-state index < -0.39 is 0 Å². The van der Waals surface area contributed by atoms with E-state index in [1.165, 1.54) is 22.3 Å². The smallest absolute Gasteiger partial charge is 0.156 e. The normalized spacial score (nSPS) is 33.1. The molecule has 3 heteroatoms. The van der Waals surface area contributed by atoms with Gasteiger partial charge < -0.3 is 5.11 Å². The Labute approximate surface area is 179 Å². The number of Topliss-reactive ketones (excluding diaryl/α,β-unsaturated/α-hetero) is 1. The van der Waals surface area contributed by atoms with Crippen molar-refractivity contribution in [2.45, 2.75) is 70.6 Å². The zero-order valence-corrected chi connectivity index (χ0v) is 18.0. The quantitative estimate of drug-likeness (QED) is 0.761. The van der Waals surface area contributed by atoms with Crippen molar-refractivity contribution in [3.05, 3.63) is 58.2 Å². The van der Waals surface area contributed by atoms with E-state index in [2.05, 4.69) is 31.2 Å². The summed E-state index contributed by atoms with van der Waals surface area (Å²) in [6.45, 7) is 2.45. The van der Waals surface area contributed by atoms with Crippen LogP contribution in [-0.4, -0.2) is 23.3 Å². The second-order valence-corrected chi connectivity index (χ2v) is 10.0. The molecule has 0 amide bonds. The van der Waals surface area contributed by atoms with Crippen molar-refractivity contribution in [1.82, 2.24) is 0 Å². The Bertz CT molecular complexity index is 935. The standard InChI is InChI=1S/C27H32O3/c1-27-16-23(18-6-4-17(5-7-18)3-2-14-28)26-21-11-9-20(29)15-19(21)8-10-22(26)24(27)12-13-25(27)30/h4-7,15,22-24,28H,2-3,8-14,16H2,1H3/t22-,23?,24-,27-/m0/s1. The molecule has 4 aliphatic carbocycles. The Morgan fingerprint density at radius 1 is 1.03 bits per heavy atom. The topological polar surface area (TPSA) is 54.4 Å². The number of fused-ring (bicyclic) bond motifs is 4. The summed E-state index contributed by atoms with van der Waals surface area (Å²) in [4.78, 5) is 25.1. The minimum absolute atomic E-state index is 0.208. The van der Waals surface area contributed by atoms with Crippen molar-refractivity contribution in [3.8, 4) is 0 Å². The Kier molecular flexibility index (Phi) is 5.05. The van der Waals surface area contributed by atoms with Crippen LogP contribution in [0.5, 0.6) is 0 Å². The van der Waals surface area contributed by atoms with Crippen LogP contribution in [0.2, 0.25) is 0 Å². The van der Waals surface area contributed by atoms with Gasteiger partial charge in [0.15, 0.2) is 5.78 Å². The van der Waals surface area contributed by atoms with Gasteiger partial charge in [-0.2, -0.15) is 0 Å². The van der Waals surface area contributed by atoms with Crippen LogP contribution in [0.3, 0.4) is 0 Å². The predicted octanol–water partition coefficient (Wildman–Crippen LogP) is 5.08. The molecule has 2 fully saturated rings. The van der Waals surface area contributed by atoms with E-state index in [1.807, 2.05) is 6.08 Å². The van der Waals surface area contributed by atoms with Gasteiger partial charge in [0.25, 0.3) is 0 Å². The first kappa shape index (κ1) is 19.9. The summed E-state index contributed by atoms with van der Waals surface area (Å²) in [5.74, 6) is 1.95. The van der Waals surface area contributed by atoms with Crippen molar-refractivity contribution in [2.75, 3.05) is 6.61 Å². The maximum absolute atomic E-state index is 13.0. The number of hydrogen-bond donors (Lipinski definition) is 1. The molecular formula is C27H32O3. The maximum Gasteiger partial charge on any atom is 0.156 e. The molecule has 30 heavy (non-hydrogen) atoms. The highest BCUT2D eigenvalue weighted by atomic mass is 16.2. The molecule has 0 aliphatic heterocycles. The lowest BCUT2D eigenvalue weighted by atomic mass is 9.53. The largest absolute Gasteiger partial charge is 0.396 e. The molecule has 2 saturated carbocycles. The number of benzene rings is 1. The third-order valence-electron chi connectivity index (χ3n) is 8.45. The van der Waals surface area contributed by atoms with Crippen LogP contribution >= 0.6 is 0 Å². The molecule has 3 nitrogen and oxygen atoms in total. The van der Waals surface area contributed by atoms with Gasteiger partial charge in [-0.05, 0) is 85.1 Å². The highest BCUT2D eigenvalue weighted by Gasteiger charge is 2.56. The van der Waals surface area contributed by atoms with Crippen molar-refractivity contribution in [1.29, 1.82) is 0 Å². The Morgan fingerprint density at radius 3 is 2.60 bits per heavy atom. The monoisotopic (exact) mass is 404 g/mol. The fraction of sp³-hybridized carbons (Fsp3) is 0.556. The molecule has 1 aromatic carbocycles. The summed E-state index contributed by atoms with van der Waals surface area (Å²) >= 11 is 0. The van der Waals surface area contributed by atoms with Crippen molar-refractivity contribution < 1.29 is 14.7 Å². The van der Waals surface area contributed by atoms with Crippen molar-refractivity contribution in [2.24, 2.45) is 17.3 Å². The molecule has 1 aromatic rings. The summed E-state index contributed by atoms with van der Waals surface area (Å²) in [5, 5.41) is 9.12. The molecule has 0 bridgehead atoms. The van der Waals surface area contributed by atoms with Gasteiger partial charge in [-0.3, -0.25) is 9.59 Å². The summed E-state index contributed by atoms with van der Waals surface area (Å²) < 4.78 is 0. The lowest BCUT2D eigenvalue weighted by Crippen LogP contribution is -2.43. The van der Waals surface area contributed by atoms with Crippen LogP contribution in [0.25, 0.3) is 0 Å². The summed E-state index contributed by atoms with van der Waals surface area (Å²) in [6.07, 6.45) is 9.83. The van der Waals surface area contributed by atoms with E-state index in [-0.39, 0.29) is 23.7 Å². The Hall–Kier alpha value is -2.00. The molecule has 4 atom stereocenters. The number of ketones is 2. The number of carbonyl (C=O) groups excluding carboxylic acids is 2. The number of rotatable bonds is 4. The minimum Gasteiger partial charge on any atom is -0.396 e. The summed E-state index contributed by atoms with van der Waals surface area (Å²) in [7, 11) is 0. The molecular weight excluding hydrogens is 372 g/mol. The fourth-order valence-electron chi connectivity index (χ4n) is 6.93. The van der Waals surface area contributed by atoms with Gasteiger partial charge in [-0.25, -0.2) is 0 Å². The van der Waals surface area contributed by atoms with Crippen LogP contribution in [0, 0.1) is 17.3 Å². The summed E-state index contributed by atoms with van der Waals surface area (Å²) in [6, 6.07) is 8.88. The van der Waals surface area contributed by atoms with Gasteiger partial charge in [0, 0.05) is 30.8 Å². The predicted molar refractivity (Wildman–Crippen MR) is 117 cm³/mol. The lowest BCUT2D eigenvalue weighted by Gasteiger charge is -2.50. The van der Waals surface area contributed by atoms with Gasteiger partial charge in [0.1, 0.15) is 5.78 Å². The van der Waals surface area contributed by atoms with Crippen LogP contribution in [0.15, 0.2) is 47.1 Å².